The SMILES string of the molecule is CCCCNC(=O)c1ccc(NC(=O)Nc2cccc(Cl)c2)cc1. The molecule has 0 atom stereocenters. The van der Waals surface area contributed by atoms with Gasteiger partial charge in [0.1, 0.15) is 0 Å². The summed E-state index contributed by atoms with van der Waals surface area (Å²) in [5, 5.41) is 8.79. The minimum absolute atomic E-state index is 0.113. The number of hydrogen-bond donors (Lipinski definition) is 3. The number of benzene rings is 2. The molecule has 0 heterocycles. The van der Waals surface area contributed by atoms with Crippen molar-refractivity contribution in [2.45, 2.75) is 19.8 Å². The van der Waals surface area contributed by atoms with E-state index < -0.39 is 0 Å². The van der Waals surface area contributed by atoms with Gasteiger partial charge in [-0.05, 0) is 48.9 Å². The Hall–Kier alpha value is -2.53. The molecule has 3 N–H and O–H groups in total. The van der Waals surface area contributed by atoms with Crippen LogP contribution < -0.4 is 16.0 Å². The maximum atomic E-state index is 11.9. The lowest BCUT2D eigenvalue weighted by molar-refractivity contribution is 0.0953. The number of hydrogen-bond acceptors (Lipinski definition) is 2. The molecule has 6 heteroatoms. The van der Waals surface area contributed by atoms with Crippen LogP contribution in [0.25, 0.3) is 0 Å². The Labute approximate surface area is 146 Å². The molecule has 0 unspecified atom stereocenters. The summed E-state index contributed by atoms with van der Waals surface area (Å²) in [6.07, 6.45) is 1.99. The van der Waals surface area contributed by atoms with E-state index in [4.69, 9.17) is 11.6 Å². The average Bonchev–Trinajstić information content (AvgIpc) is 2.55. The van der Waals surface area contributed by atoms with Crippen molar-refractivity contribution < 1.29 is 9.59 Å². The van der Waals surface area contributed by atoms with Crippen molar-refractivity contribution in [2.24, 2.45) is 0 Å². The zero-order valence-corrected chi connectivity index (χ0v) is 14.2. The van der Waals surface area contributed by atoms with E-state index in [9.17, 15) is 9.59 Å². The molecular weight excluding hydrogens is 326 g/mol. The van der Waals surface area contributed by atoms with Crippen molar-refractivity contribution in [3.63, 3.8) is 0 Å². The summed E-state index contributed by atoms with van der Waals surface area (Å²) in [7, 11) is 0. The molecule has 0 aliphatic rings. The quantitative estimate of drug-likeness (QED) is 0.674. The van der Waals surface area contributed by atoms with Gasteiger partial charge in [-0.25, -0.2) is 4.79 Å². The van der Waals surface area contributed by atoms with Crippen LogP contribution in [0.4, 0.5) is 16.2 Å². The second-order valence-electron chi connectivity index (χ2n) is 5.28. The first-order valence-electron chi connectivity index (χ1n) is 7.80. The zero-order chi connectivity index (χ0) is 17.4. The third-order valence-electron chi connectivity index (χ3n) is 3.30. The minimum atomic E-state index is -0.377. The van der Waals surface area contributed by atoms with E-state index >= 15 is 0 Å². The second-order valence-corrected chi connectivity index (χ2v) is 5.71. The lowest BCUT2D eigenvalue weighted by atomic mass is 10.2. The Morgan fingerprint density at radius 2 is 1.71 bits per heavy atom. The Bertz CT molecular complexity index is 702. The molecule has 5 nitrogen and oxygen atoms in total. The van der Waals surface area contributed by atoms with E-state index in [1.54, 1.807) is 48.5 Å². The van der Waals surface area contributed by atoms with Crippen molar-refractivity contribution in [3.8, 4) is 0 Å². The normalized spacial score (nSPS) is 10.1. The summed E-state index contributed by atoms with van der Waals surface area (Å²) in [6, 6.07) is 13.2. The van der Waals surface area contributed by atoms with E-state index in [1.165, 1.54) is 0 Å². The van der Waals surface area contributed by atoms with Gasteiger partial charge < -0.3 is 16.0 Å². The van der Waals surface area contributed by atoms with Gasteiger partial charge in [0, 0.05) is 28.5 Å². The van der Waals surface area contributed by atoms with Crippen LogP contribution in [0.5, 0.6) is 0 Å². The Morgan fingerprint density at radius 1 is 1.00 bits per heavy atom. The highest BCUT2D eigenvalue weighted by Gasteiger charge is 2.06. The Balaban J connectivity index is 1.89. The van der Waals surface area contributed by atoms with Gasteiger partial charge in [0.25, 0.3) is 5.91 Å². The van der Waals surface area contributed by atoms with Gasteiger partial charge in [-0.3, -0.25) is 4.79 Å². The number of urea groups is 1. The van der Waals surface area contributed by atoms with Gasteiger partial charge in [0.05, 0.1) is 0 Å². The fourth-order valence-corrected chi connectivity index (χ4v) is 2.24. The Morgan fingerprint density at radius 3 is 2.38 bits per heavy atom. The van der Waals surface area contributed by atoms with Gasteiger partial charge >= 0.3 is 6.03 Å². The van der Waals surface area contributed by atoms with Gasteiger partial charge in [-0.15, -0.1) is 0 Å². The van der Waals surface area contributed by atoms with Gasteiger partial charge in [-0.1, -0.05) is 31.0 Å². The van der Waals surface area contributed by atoms with E-state index in [2.05, 4.69) is 22.9 Å². The van der Waals surface area contributed by atoms with Crippen LogP contribution in [0.1, 0.15) is 30.1 Å². The highest BCUT2D eigenvalue weighted by atomic mass is 35.5. The summed E-state index contributed by atoms with van der Waals surface area (Å²) in [5.41, 5.74) is 1.76. The van der Waals surface area contributed by atoms with Gasteiger partial charge in [0.2, 0.25) is 0 Å². The number of anilines is 2. The summed E-state index contributed by atoms with van der Waals surface area (Å²) in [4.78, 5) is 23.8. The molecule has 0 spiro atoms. The molecule has 126 valence electrons. The highest BCUT2D eigenvalue weighted by Crippen LogP contribution is 2.16. The first kappa shape index (κ1) is 17.8. The molecule has 0 radical (unpaired) electrons. The van der Waals surface area contributed by atoms with Gasteiger partial charge in [-0.2, -0.15) is 0 Å². The molecule has 0 saturated carbocycles. The molecule has 0 bridgehead atoms. The number of nitrogens with one attached hydrogen (secondary N) is 3. The topological polar surface area (TPSA) is 70.2 Å². The number of unbranched alkanes of at least 4 members (excludes halogenated alkanes) is 1. The van der Waals surface area contributed by atoms with E-state index in [0.29, 0.717) is 28.5 Å². The number of carbonyl (C=O) groups excluding carboxylic acids is 2. The molecule has 0 aliphatic heterocycles. The average molecular weight is 346 g/mol. The first-order valence-corrected chi connectivity index (χ1v) is 8.18. The summed E-state index contributed by atoms with van der Waals surface area (Å²) in [6.45, 7) is 2.73. The lowest BCUT2D eigenvalue weighted by Crippen LogP contribution is -2.24. The van der Waals surface area contributed by atoms with Gasteiger partial charge in [0.15, 0.2) is 0 Å². The van der Waals surface area contributed by atoms with Crippen LogP contribution >= 0.6 is 11.6 Å². The molecule has 2 aromatic carbocycles. The second kappa shape index (κ2) is 8.93. The maximum Gasteiger partial charge on any atom is 0.323 e. The maximum absolute atomic E-state index is 11.9. The van der Waals surface area contributed by atoms with Crippen LogP contribution in [-0.2, 0) is 0 Å². The van der Waals surface area contributed by atoms with E-state index in [-0.39, 0.29) is 11.9 Å². The molecule has 0 aliphatic carbocycles. The summed E-state index contributed by atoms with van der Waals surface area (Å²) < 4.78 is 0. The predicted octanol–water partition coefficient (Wildman–Crippen LogP) is 4.51. The molecule has 3 amide bonds. The fraction of sp³-hybridized carbons (Fsp3) is 0.222. The molecule has 2 aromatic rings. The molecule has 2 rings (SSSR count). The van der Waals surface area contributed by atoms with E-state index in [1.807, 2.05) is 0 Å². The highest BCUT2D eigenvalue weighted by molar-refractivity contribution is 6.30. The first-order chi connectivity index (χ1) is 11.6. The van der Waals surface area contributed by atoms with Crippen molar-refractivity contribution in [2.75, 3.05) is 17.2 Å². The van der Waals surface area contributed by atoms with Crippen LogP contribution in [0.3, 0.4) is 0 Å². The lowest BCUT2D eigenvalue weighted by Gasteiger charge is -2.09. The van der Waals surface area contributed by atoms with Crippen LogP contribution in [-0.4, -0.2) is 18.5 Å². The largest absolute Gasteiger partial charge is 0.352 e. The third kappa shape index (κ3) is 5.59. The van der Waals surface area contributed by atoms with Crippen molar-refractivity contribution >= 4 is 34.9 Å². The van der Waals surface area contributed by atoms with Crippen LogP contribution in [0, 0.1) is 0 Å². The molecular formula is C18H20ClN3O2. The molecule has 0 saturated heterocycles. The van der Waals surface area contributed by atoms with Crippen molar-refractivity contribution in [1.82, 2.24) is 5.32 Å². The van der Waals surface area contributed by atoms with Crippen molar-refractivity contribution in [3.05, 3.63) is 59.1 Å². The number of halogens is 1. The number of amides is 3. The monoisotopic (exact) mass is 345 g/mol. The van der Waals surface area contributed by atoms with Crippen molar-refractivity contribution in [1.29, 1.82) is 0 Å². The summed E-state index contributed by atoms with van der Waals surface area (Å²) in [5.74, 6) is -0.113. The summed E-state index contributed by atoms with van der Waals surface area (Å²) >= 11 is 5.87. The van der Waals surface area contributed by atoms with E-state index in [0.717, 1.165) is 12.8 Å². The van der Waals surface area contributed by atoms with Crippen LogP contribution in [0.2, 0.25) is 5.02 Å². The molecule has 0 aromatic heterocycles. The minimum Gasteiger partial charge on any atom is -0.352 e. The fourth-order valence-electron chi connectivity index (χ4n) is 2.05. The standard InChI is InChI=1S/C18H20ClN3O2/c1-2-3-11-20-17(23)13-7-9-15(10-8-13)21-18(24)22-16-6-4-5-14(19)12-16/h4-10,12H,2-3,11H2,1H3,(H,20,23)(H2,21,22,24). The smallest absolute Gasteiger partial charge is 0.323 e. The number of rotatable bonds is 6. The zero-order valence-electron chi connectivity index (χ0n) is 13.4. The molecule has 0 fully saturated rings. The van der Waals surface area contributed by atoms with Crippen LogP contribution in [0.15, 0.2) is 48.5 Å². The number of carbonyl (C=O) groups is 2. The third-order valence-corrected chi connectivity index (χ3v) is 3.54. The molecule has 24 heavy (non-hydrogen) atoms. The predicted molar refractivity (Wildman–Crippen MR) is 97.8 cm³/mol. The Kier molecular flexibility index (Phi) is 6.63.